The molecule has 0 aliphatic heterocycles. The summed E-state index contributed by atoms with van der Waals surface area (Å²) in [5.41, 5.74) is 2.55. The van der Waals surface area contributed by atoms with Gasteiger partial charge in [-0.25, -0.2) is 0 Å². The molecule has 0 saturated carbocycles. The van der Waals surface area contributed by atoms with Crippen molar-refractivity contribution in [3.05, 3.63) is 91.0 Å². The van der Waals surface area contributed by atoms with Gasteiger partial charge < -0.3 is 5.11 Å². The summed E-state index contributed by atoms with van der Waals surface area (Å²) in [6.45, 7) is 0. The topological polar surface area (TPSA) is 69.7 Å². The van der Waals surface area contributed by atoms with Crippen LogP contribution in [-0.2, 0) is 0 Å². The van der Waals surface area contributed by atoms with E-state index in [1.54, 1.807) is 12.1 Å². The van der Waals surface area contributed by atoms with Gasteiger partial charge >= 0.3 is 0 Å². The van der Waals surface area contributed by atoms with Crippen molar-refractivity contribution in [1.29, 1.82) is 0 Å². The zero-order chi connectivity index (χ0) is 18.5. The largest absolute Gasteiger partial charge is 0.505 e. The van der Waals surface area contributed by atoms with Crippen LogP contribution >= 0.6 is 0 Å². The van der Waals surface area contributed by atoms with E-state index in [2.05, 4.69) is 20.5 Å². The average Bonchev–Trinajstić information content (AvgIpc) is 2.73. The number of azo groups is 2. The number of fused-ring (bicyclic) bond motifs is 1. The molecule has 0 aliphatic carbocycles. The molecule has 1 N–H and O–H groups in total. The van der Waals surface area contributed by atoms with Gasteiger partial charge in [-0.2, -0.15) is 15.3 Å². The normalized spacial score (nSPS) is 11.6. The molecular formula is C22H16N4O. The van der Waals surface area contributed by atoms with Crippen molar-refractivity contribution in [1.82, 2.24) is 0 Å². The van der Waals surface area contributed by atoms with Crippen LogP contribution in [0.15, 0.2) is 111 Å². The Balaban J connectivity index is 1.67. The molecule has 0 amide bonds. The highest BCUT2D eigenvalue weighted by Crippen LogP contribution is 2.37. The van der Waals surface area contributed by atoms with Crippen molar-refractivity contribution in [2.45, 2.75) is 0 Å². The molecule has 0 aromatic heterocycles. The predicted molar refractivity (Wildman–Crippen MR) is 107 cm³/mol. The van der Waals surface area contributed by atoms with Crippen LogP contribution in [-0.4, -0.2) is 5.11 Å². The average molecular weight is 352 g/mol. The Kier molecular flexibility index (Phi) is 4.66. The van der Waals surface area contributed by atoms with Crippen LogP contribution < -0.4 is 0 Å². The second kappa shape index (κ2) is 7.58. The van der Waals surface area contributed by atoms with Crippen LogP contribution in [0.5, 0.6) is 5.75 Å². The third-order valence-corrected chi connectivity index (χ3v) is 4.02. The number of benzene rings is 4. The monoisotopic (exact) mass is 352 g/mol. The lowest BCUT2D eigenvalue weighted by atomic mass is 10.1. The molecule has 4 rings (SSSR count). The van der Waals surface area contributed by atoms with Crippen molar-refractivity contribution in [3.8, 4) is 5.75 Å². The van der Waals surface area contributed by atoms with Gasteiger partial charge in [0.05, 0.1) is 17.1 Å². The number of nitrogens with zero attached hydrogens (tertiary/aromatic N) is 4. The zero-order valence-corrected chi connectivity index (χ0v) is 14.4. The van der Waals surface area contributed by atoms with Crippen molar-refractivity contribution in [2.24, 2.45) is 20.5 Å². The highest BCUT2D eigenvalue weighted by atomic mass is 16.3. The first-order valence-corrected chi connectivity index (χ1v) is 8.49. The number of hydrogen-bond acceptors (Lipinski definition) is 5. The summed E-state index contributed by atoms with van der Waals surface area (Å²) in [5.74, 6) is 0.0731. The molecule has 5 heteroatoms. The van der Waals surface area contributed by atoms with Crippen LogP contribution in [0.4, 0.5) is 22.7 Å². The van der Waals surface area contributed by atoms with Crippen molar-refractivity contribution >= 4 is 33.5 Å². The van der Waals surface area contributed by atoms with Gasteiger partial charge in [0.1, 0.15) is 5.69 Å². The van der Waals surface area contributed by atoms with E-state index in [1.165, 1.54) is 0 Å². The summed E-state index contributed by atoms with van der Waals surface area (Å²) in [4.78, 5) is 0. The highest BCUT2D eigenvalue weighted by Gasteiger charge is 2.07. The fourth-order valence-corrected chi connectivity index (χ4v) is 2.64. The van der Waals surface area contributed by atoms with Gasteiger partial charge in [-0.3, -0.25) is 0 Å². The lowest BCUT2D eigenvalue weighted by molar-refractivity contribution is 0.482. The van der Waals surface area contributed by atoms with Gasteiger partial charge in [0.2, 0.25) is 0 Å². The molecule has 27 heavy (non-hydrogen) atoms. The third-order valence-electron chi connectivity index (χ3n) is 4.02. The molecule has 0 unspecified atom stereocenters. The zero-order valence-electron chi connectivity index (χ0n) is 14.4. The van der Waals surface area contributed by atoms with Gasteiger partial charge in [-0.15, -0.1) is 5.11 Å². The van der Waals surface area contributed by atoms with Crippen LogP contribution in [0.1, 0.15) is 0 Å². The molecular weight excluding hydrogens is 336 g/mol. The first kappa shape index (κ1) is 16.6. The van der Waals surface area contributed by atoms with Crippen LogP contribution in [0.2, 0.25) is 0 Å². The Morgan fingerprint density at radius 3 is 1.74 bits per heavy atom. The lowest BCUT2D eigenvalue weighted by Crippen LogP contribution is -1.76. The van der Waals surface area contributed by atoms with Crippen molar-refractivity contribution in [2.75, 3.05) is 0 Å². The number of phenolic OH excluding ortho intramolecular Hbond substituents is 1. The standard InChI is InChI=1S/C22H16N4O/c27-22-20-15-19(25-23-17-7-3-1-4-8-17)13-11-16(20)12-14-21(22)26-24-18-9-5-2-6-10-18/h1-15,27H. The molecule has 0 saturated heterocycles. The van der Waals surface area contributed by atoms with E-state index < -0.39 is 0 Å². The van der Waals surface area contributed by atoms with Gasteiger partial charge in [0, 0.05) is 5.39 Å². The smallest absolute Gasteiger partial charge is 0.150 e. The van der Waals surface area contributed by atoms with E-state index in [1.807, 2.05) is 78.9 Å². The van der Waals surface area contributed by atoms with Gasteiger partial charge in [0.15, 0.2) is 5.75 Å². The second-order valence-electron chi connectivity index (χ2n) is 5.91. The van der Waals surface area contributed by atoms with Gasteiger partial charge in [-0.05, 0) is 47.9 Å². The van der Waals surface area contributed by atoms with Crippen LogP contribution in [0.25, 0.3) is 10.8 Å². The molecule has 0 radical (unpaired) electrons. The molecule has 0 aliphatic rings. The highest BCUT2D eigenvalue weighted by molar-refractivity contribution is 5.94. The first-order valence-electron chi connectivity index (χ1n) is 8.49. The van der Waals surface area contributed by atoms with Crippen molar-refractivity contribution < 1.29 is 5.11 Å². The third kappa shape index (κ3) is 3.88. The number of phenols is 1. The van der Waals surface area contributed by atoms with E-state index in [0.717, 1.165) is 16.8 Å². The minimum atomic E-state index is 0.0731. The Bertz CT molecular complexity index is 1120. The Morgan fingerprint density at radius 1 is 0.519 bits per heavy atom. The number of aromatic hydroxyl groups is 1. The maximum atomic E-state index is 10.6. The Labute approximate surface area is 156 Å². The van der Waals surface area contributed by atoms with E-state index >= 15 is 0 Å². The molecule has 0 atom stereocenters. The molecule has 0 bridgehead atoms. The van der Waals surface area contributed by atoms with E-state index in [-0.39, 0.29) is 5.75 Å². The Morgan fingerprint density at radius 2 is 1.07 bits per heavy atom. The van der Waals surface area contributed by atoms with E-state index in [4.69, 9.17) is 0 Å². The quantitative estimate of drug-likeness (QED) is 0.382. The maximum Gasteiger partial charge on any atom is 0.150 e. The number of hydrogen-bond donors (Lipinski definition) is 1. The van der Waals surface area contributed by atoms with Gasteiger partial charge in [-0.1, -0.05) is 48.5 Å². The summed E-state index contributed by atoms with van der Waals surface area (Å²) in [6, 6.07) is 28.1. The summed E-state index contributed by atoms with van der Waals surface area (Å²) < 4.78 is 0. The molecule has 0 fully saturated rings. The van der Waals surface area contributed by atoms with E-state index in [0.29, 0.717) is 16.8 Å². The fraction of sp³-hybridized carbons (Fsp3) is 0. The summed E-state index contributed by atoms with van der Waals surface area (Å²) in [6.07, 6.45) is 0. The molecule has 130 valence electrons. The lowest BCUT2D eigenvalue weighted by Gasteiger charge is -2.04. The van der Waals surface area contributed by atoms with Crippen LogP contribution in [0, 0.1) is 0 Å². The molecule has 4 aromatic carbocycles. The maximum absolute atomic E-state index is 10.6. The molecule has 4 aromatic rings. The summed E-state index contributed by atoms with van der Waals surface area (Å²) in [7, 11) is 0. The van der Waals surface area contributed by atoms with E-state index in [9.17, 15) is 5.11 Å². The molecule has 0 spiro atoms. The molecule has 5 nitrogen and oxygen atoms in total. The second-order valence-corrected chi connectivity index (χ2v) is 5.91. The van der Waals surface area contributed by atoms with Gasteiger partial charge in [0.25, 0.3) is 0 Å². The molecule has 0 heterocycles. The summed E-state index contributed by atoms with van der Waals surface area (Å²) >= 11 is 0. The minimum Gasteiger partial charge on any atom is -0.505 e. The minimum absolute atomic E-state index is 0.0731. The Hall–Kier alpha value is -3.86. The SMILES string of the molecule is Oc1c(N=Nc2ccccc2)ccc2ccc(N=Nc3ccccc3)cc12. The first-order chi connectivity index (χ1) is 13.3. The number of rotatable bonds is 4. The fourth-order valence-electron chi connectivity index (χ4n) is 2.64. The van der Waals surface area contributed by atoms with Crippen LogP contribution in [0.3, 0.4) is 0 Å². The summed E-state index contributed by atoms with van der Waals surface area (Å²) in [5, 5.41) is 29.0. The van der Waals surface area contributed by atoms with Crippen molar-refractivity contribution in [3.63, 3.8) is 0 Å². The predicted octanol–water partition coefficient (Wildman–Crippen LogP) is 7.38.